The van der Waals surface area contributed by atoms with Gasteiger partial charge in [-0.15, -0.1) is 0 Å². The van der Waals surface area contributed by atoms with Crippen LogP contribution in [-0.2, 0) is 0 Å². The van der Waals surface area contributed by atoms with Gasteiger partial charge in [0, 0.05) is 48.4 Å². The number of piperazine rings is 1. The Balaban J connectivity index is 1.37. The van der Waals surface area contributed by atoms with Crippen molar-refractivity contribution in [1.29, 1.82) is 0 Å². The van der Waals surface area contributed by atoms with Crippen molar-refractivity contribution in [2.45, 2.75) is 0 Å². The van der Waals surface area contributed by atoms with Crippen molar-refractivity contribution in [2.75, 3.05) is 38.2 Å². The van der Waals surface area contributed by atoms with Crippen LogP contribution in [0.4, 0.5) is 10.1 Å². The Bertz CT molecular complexity index is 1660. The number of ether oxygens (including phenoxy) is 1. The van der Waals surface area contributed by atoms with Gasteiger partial charge in [0.15, 0.2) is 5.65 Å². The molecule has 1 fully saturated rings. The Kier molecular flexibility index (Phi) is 6.62. The zero-order valence-corrected chi connectivity index (χ0v) is 22.0. The Morgan fingerprint density at radius 1 is 0.923 bits per heavy atom. The highest BCUT2D eigenvalue weighted by molar-refractivity contribution is 6.30. The summed E-state index contributed by atoms with van der Waals surface area (Å²) in [7, 11) is 1.61. The third-order valence-electron chi connectivity index (χ3n) is 6.93. The molecule has 0 aliphatic carbocycles. The first-order valence-electron chi connectivity index (χ1n) is 12.6. The largest absolute Gasteiger partial charge is 0.496 e. The highest BCUT2D eigenvalue weighted by atomic mass is 35.5. The van der Waals surface area contributed by atoms with Gasteiger partial charge in [-0.25, -0.2) is 13.9 Å². The van der Waals surface area contributed by atoms with E-state index < -0.39 is 0 Å². The number of anilines is 1. The van der Waals surface area contributed by atoms with E-state index in [9.17, 15) is 9.18 Å². The van der Waals surface area contributed by atoms with Gasteiger partial charge in [-0.3, -0.25) is 4.79 Å². The molecule has 0 saturated carbocycles. The normalized spacial score (nSPS) is 13.6. The standard InChI is InChI=1S/C30H25ClFN5O2/c1-39-28-9-5-2-6-22(28)27-18-25(33-29-19-24(34-37(27)29)20-10-12-21(31)13-11-20)30(38)36-16-14-35(15-17-36)26-8-4-3-7-23(26)32/h2-13,18-19H,14-17H2,1H3. The number of para-hydroxylation sites is 2. The number of nitrogens with zero attached hydrogens (tertiary/aromatic N) is 5. The van der Waals surface area contributed by atoms with Crippen LogP contribution < -0.4 is 9.64 Å². The van der Waals surface area contributed by atoms with E-state index in [1.807, 2.05) is 65.6 Å². The van der Waals surface area contributed by atoms with Crippen molar-refractivity contribution in [3.8, 4) is 28.3 Å². The van der Waals surface area contributed by atoms with E-state index in [0.29, 0.717) is 65.4 Å². The van der Waals surface area contributed by atoms with E-state index in [-0.39, 0.29) is 11.7 Å². The predicted octanol–water partition coefficient (Wildman–Crippen LogP) is 5.83. The number of carbonyl (C=O) groups excluding carboxylic acids is 1. The maximum absolute atomic E-state index is 14.3. The molecule has 3 aromatic carbocycles. The van der Waals surface area contributed by atoms with Gasteiger partial charge in [0.25, 0.3) is 5.91 Å². The van der Waals surface area contributed by atoms with Crippen molar-refractivity contribution in [3.05, 3.63) is 101 Å². The third-order valence-corrected chi connectivity index (χ3v) is 7.18. The summed E-state index contributed by atoms with van der Waals surface area (Å²) in [6, 6.07) is 25.3. The molecular formula is C30H25ClFN5O2. The molecule has 1 amide bonds. The summed E-state index contributed by atoms with van der Waals surface area (Å²) < 4.78 is 21.7. The molecule has 1 aliphatic heterocycles. The van der Waals surface area contributed by atoms with Crippen LogP contribution in [0.2, 0.25) is 5.02 Å². The first kappa shape index (κ1) is 24.9. The molecule has 2 aromatic heterocycles. The number of amides is 1. The van der Waals surface area contributed by atoms with Gasteiger partial charge >= 0.3 is 0 Å². The molecular weight excluding hydrogens is 517 g/mol. The van der Waals surface area contributed by atoms with Crippen molar-refractivity contribution in [3.63, 3.8) is 0 Å². The van der Waals surface area contributed by atoms with Crippen molar-refractivity contribution >= 4 is 28.8 Å². The van der Waals surface area contributed by atoms with Crippen LogP contribution in [0.3, 0.4) is 0 Å². The number of rotatable bonds is 5. The summed E-state index contributed by atoms with van der Waals surface area (Å²) in [6.45, 7) is 1.97. The lowest BCUT2D eigenvalue weighted by atomic mass is 10.1. The second kappa shape index (κ2) is 10.4. The number of carbonyl (C=O) groups is 1. The van der Waals surface area contributed by atoms with Crippen molar-refractivity contribution in [2.24, 2.45) is 0 Å². The Morgan fingerprint density at radius 2 is 1.64 bits per heavy atom. The molecule has 1 aliphatic rings. The molecule has 6 rings (SSSR count). The van der Waals surface area contributed by atoms with Crippen LogP contribution in [0.1, 0.15) is 10.5 Å². The van der Waals surface area contributed by atoms with E-state index in [2.05, 4.69) is 0 Å². The van der Waals surface area contributed by atoms with Gasteiger partial charge in [-0.1, -0.05) is 48.0 Å². The summed E-state index contributed by atoms with van der Waals surface area (Å²) >= 11 is 6.08. The first-order chi connectivity index (χ1) is 19.0. The maximum atomic E-state index is 14.3. The van der Waals surface area contributed by atoms with Crippen LogP contribution in [0.5, 0.6) is 5.75 Å². The topological polar surface area (TPSA) is 63.0 Å². The summed E-state index contributed by atoms with van der Waals surface area (Å²) in [6.07, 6.45) is 0. The van der Waals surface area contributed by atoms with Crippen LogP contribution in [0.15, 0.2) is 84.9 Å². The fourth-order valence-corrected chi connectivity index (χ4v) is 5.04. The molecule has 9 heteroatoms. The number of benzene rings is 3. The van der Waals surface area contributed by atoms with Crippen LogP contribution in [0.25, 0.3) is 28.2 Å². The minimum absolute atomic E-state index is 0.184. The number of methoxy groups -OCH3 is 1. The van der Waals surface area contributed by atoms with Gasteiger partial charge in [-0.2, -0.15) is 5.10 Å². The molecule has 196 valence electrons. The van der Waals surface area contributed by atoms with Gasteiger partial charge in [0.1, 0.15) is 17.3 Å². The second-order valence-electron chi connectivity index (χ2n) is 9.26. The molecule has 0 N–H and O–H groups in total. The van der Waals surface area contributed by atoms with Crippen molar-refractivity contribution in [1.82, 2.24) is 19.5 Å². The average molecular weight is 542 g/mol. The number of aromatic nitrogens is 3. The first-order valence-corrected chi connectivity index (χ1v) is 13.0. The molecule has 1 saturated heterocycles. The lowest BCUT2D eigenvalue weighted by molar-refractivity contribution is 0.0741. The molecule has 39 heavy (non-hydrogen) atoms. The fourth-order valence-electron chi connectivity index (χ4n) is 4.91. The number of hydrogen-bond acceptors (Lipinski definition) is 5. The average Bonchev–Trinajstić information content (AvgIpc) is 3.41. The number of hydrogen-bond donors (Lipinski definition) is 0. The van der Waals surface area contributed by atoms with Crippen LogP contribution >= 0.6 is 11.6 Å². The lowest BCUT2D eigenvalue weighted by Crippen LogP contribution is -2.49. The highest BCUT2D eigenvalue weighted by Gasteiger charge is 2.26. The minimum Gasteiger partial charge on any atom is -0.496 e. The second-order valence-corrected chi connectivity index (χ2v) is 9.70. The summed E-state index contributed by atoms with van der Waals surface area (Å²) in [5.41, 5.74) is 4.47. The third kappa shape index (κ3) is 4.79. The molecule has 0 bridgehead atoms. The molecule has 3 heterocycles. The molecule has 5 aromatic rings. The lowest BCUT2D eigenvalue weighted by Gasteiger charge is -2.36. The maximum Gasteiger partial charge on any atom is 0.272 e. The quantitative estimate of drug-likeness (QED) is 0.280. The van der Waals surface area contributed by atoms with E-state index in [4.69, 9.17) is 26.4 Å². The Morgan fingerprint density at radius 3 is 2.38 bits per heavy atom. The monoisotopic (exact) mass is 541 g/mol. The molecule has 0 radical (unpaired) electrons. The zero-order valence-electron chi connectivity index (χ0n) is 21.2. The molecule has 0 unspecified atom stereocenters. The van der Waals surface area contributed by atoms with E-state index in [0.717, 1.165) is 11.1 Å². The van der Waals surface area contributed by atoms with E-state index in [1.165, 1.54) is 6.07 Å². The molecule has 7 nitrogen and oxygen atoms in total. The number of fused-ring (bicyclic) bond motifs is 1. The SMILES string of the molecule is COc1ccccc1-c1cc(C(=O)N2CCN(c3ccccc3F)CC2)nc2cc(-c3ccc(Cl)cc3)nn12. The summed E-state index contributed by atoms with van der Waals surface area (Å²) in [5.74, 6) is 0.213. The summed E-state index contributed by atoms with van der Waals surface area (Å²) in [4.78, 5) is 22.1. The highest BCUT2D eigenvalue weighted by Crippen LogP contribution is 2.32. The van der Waals surface area contributed by atoms with Gasteiger partial charge in [0.05, 0.1) is 24.2 Å². The number of halogens is 2. The minimum atomic E-state index is -0.261. The summed E-state index contributed by atoms with van der Waals surface area (Å²) in [5, 5.41) is 5.45. The van der Waals surface area contributed by atoms with Crippen LogP contribution in [0, 0.1) is 5.82 Å². The van der Waals surface area contributed by atoms with Crippen molar-refractivity contribution < 1.29 is 13.9 Å². The van der Waals surface area contributed by atoms with Gasteiger partial charge < -0.3 is 14.5 Å². The van der Waals surface area contributed by atoms with E-state index >= 15 is 0 Å². The Labute approximate surface area is 230 Å². The van der Waals surface area contributed by atoms with E-state index in [1.54, 1.807) is 34.7 Å². The smallest absolute Gasteiger partial charge is 0.272 e. The molecule has 0 atom stereocenters. The fraction of sp³-hybridized carbons (Fsp3) is 0.167. The van der Waals surface area contributed by atoms with Gasteiger partial charge in [0.2, 0.25) is 0 Å². The Hall–Kier alpha value is -4.43. The zero-order chi connectivity index (χ0) is 26.9. The van der Waals surface area contributed by atoms with Gasteiger partial charge in [-0.05, 0) is 42.5 Å². The molecule has 0 spiro atoms. The predicted molar refractivity (Wildman–Crippen MR) is 150 cm³/mol. The van der Waals surface area contributed by atoms with Crippen LogP contribution in [-0.4, -0.2) is 58.7 Å².